The summed E-state index contributed by atoms with van der Waals surface area (Å²) in [4.78, 5) is 12.3. The molecule has 7 nitrogen and oxygen atoms in total. The molecule has 0 aliphatic carbocycles. The molecule has 120 valence electrons. The second-order valence-corrected chi connectivity index (χ2v) is 4.87. The van der Waals surface area contributed by atoms with Crippen LogP contribution in [0.2, 0.25) is 0 Å². The molecule has 0 fully saturated rings. The number of halogens is 2. The van der Waals surface area contributed by atoms with Gasteiger partial charge in [0, 0.05) is 5.70 Å². The predicted octanol–water partition coefficient (Wildman–Crippen LogP) is 1.80. The van der Waals surface area contributed by atoms with E-state index in [9.17, 15) is 13.6 Å². The van der Waals surface area contributed by atoms with E-state index < -0.39 is 23.6 Å². The maximum Gasteiger partial charge on any atom is 0.338 e. The summed E-state index contributed by atoms with van der Waals surface area (Å²) in [6, 6.07) is 2.32. The molecule has 0 amide bonds. The van der Waals surface area contributed by atoms with Crippen LogP contribution in [0.3, 0.4) is 0 Å². The van der Waals surface area contributed by atoms with Crippen molar-refractivity contribution in [3.63, 3.8) is 0 Å². The lowest BCUT2D eigenvalue weighted by atomic mass is 9.95. The number of anilines is 1. The minimum absolute atomic E-state index is 0.0515. The van der Waals surface area contributed by atoms with E-state index in [1.165, 1.54) is 6.07 Å². The van der Waals surface area contributed by atoms with E-state index in [-0.39, 0.29) is 23.7 Å². The molecule has 1 aliphatic rings. The van der Waals surface area contributed by atoms with Gasteiger partial charge in [-0.25, -0.2) is 13.6 Å². The van der Waals surface area contributed by atoms with Gasteiger partial charge >= 0.3 is 5.97 Å². The molecule has 0 saturated carbocycles. The summed E-state index contributed by atoms with van der Waals surface area (Å²) in [5.41, 5.74) is 0.110. The second-order valence-electron chi connectivity index (χ2n) is 4.87. The summed E-state index contributed by atoms with van der Waals surface area (Å²) in [6.45, 7) is 3.37. The molecule has 0 saturated heterocycles. The SMILES string of the molecule is CCOC(=O)C1=C(C)Nc2nnnn2[C@H]1c1c(F)cccc1F. The van der Waals surface area contributed by atoms with Gasteiger partial charge in [0.15, 0.2) is 0 Å². The lowest BCUT2D eigenvalue weighted by Gasteiger charge is -2.27. The number of carbonyl (C=O) groups is 1. The Morgan fingerprint density at radius 3 is 2.74 bits per heavy atom. The van der Waals surface area contributed by atoms with E-state index >= 15 is 0 Å². The average molecular weight is 321 g/mol. The number of benzene rings is 1. The monoisotopic (exact) mass is 321 g/mol. The van der Waals surface area contributed by atoms with E-state index in [1.54, 1.807) is 13.8 Å². The fourth-order valence-corrected chi connectivity index (χ4v) is 2.52. The normalized spacial score (nSPS) is 16.8. The number of fused-ring (bicyclic) bond motifs is 1. The van der Waals surface area contributed by atoms with Gasteiger partial charge in [-0.3, -0.25) is 0 Å². The molecule has 0 spiro atoms. The number of rotatable bonds is 3. The zero-order valence-corrected chi connectivity index (χ0v) is 12.4. The highest BCUT2D eigenvalue weighted by molar-refractivity contribution is 5.92. The van der Waals surface area contributed by atoms with E-state index in [2.05, 4.69) is 20.8 Å². The first-order valence-electron chi connectivity index (χ1n) is 6.91. The van der Waals surface area contributed by atoms with Crippen LogP contribution in [0.5, 0.6) is 0 Å². The van der Waals surface area contributed by atoms with Crippen LogP contribution < -0.4 is 5.32 Å². The molecule has 0 bridgehead atoms. The highest BCUT2D eigenvalue weighted by atomic mass is 19.1. The molecule has 1 aliphatic heterocycles. The summed E-state index contributed by atoms with van der Waals surface area (Å²) in [5.74, 6) is -2.10. The Morgan fingerprint density at radius 1 is 1.39 bits per heavy atom. The Kier molecular flexibility index (Phi) is 3.77. The van der Waals surface area contributed by atoms with Gasteiger partial charge in [0.05, 0.1) is 17.7 Å². The van der Waals surface area contributed by atoms with E-state index in [0.29, 0.717) is 5.70 Å². The van der Waals surface area contributed by atoms with Crippen LogP contribution in [0.4, 0.5) is 14.7 Å². The number of hydrogen-bond acceptors (Lipinski definition) is 6. The minimum atomic E-state index is -1.15. The van der Waals surface area contributed by atoms with Crippen molar-refractivity contribution in [2.24, 2.45) is 0 Å². The first-order valence-corrected chi connectivity index (χ1v) is 6.91. The quantitative estimate of drug-likeness (QED) is 0.868. The largest absolute Gasteiger partial charge is 0.463 e. The predicted molar refractivity (Wildman–Crippen MR) is 75.3 cm³/mol. The van der Waals surface area contributed by atoms with Crippen molar-refractivity contribution in [3.05, 3.63) is 46.7 Å². The van der Waals surface area contributed by atoms with Gasteiger partial charge in [0.1, 0.15) is 17.7 Å². The number of nitrogens with one attached hydrogen (secondary N) is 1. The van der Waals surface area contributed by atoms with Crippen LogP contribution in [0.25, 0.3) is 0 Å². The molecular formula is C14H13F2N5O2. The third-order valence-corrected chi connectivity index (χ3v) is 3.48. The van der Waals surface area contributed by atoms with Crippen molar-refractivity contribution in [1.82, 2.24) is 20.2 Å². The van der Waals surface area contributed by atoms with Gasteiger partial charge in [0.25, 0.3) is 0 Å². The maximum atomic E-state index is 14.3. The molecule has 1 aromatic heterocycles. The van der Waals surface area contributed by atoms with Crippen molar-refractivity contribution >= 4 is 11.9 Å². The van der Waals surface area contributed by atoms with Gasteiger partial charge in [-0.2, -0.15) is 4.68 Å². The number of nitrogens with zero attached hydrogens (tertiary/aromatic N) is 4. The molecule has 1 N–H and O–H groups in total. The molecule has 0 radical (unpaired) electrons. The van der Waals surface area contributed by atoms with Crippen LogP contribution >= 0.6 is 0 Å². The molecule has 3 rings (SSSR count). The topological polar surface area (TPSA) is 81.9 Å². The zero-order valence-electron chi connectivity index (χ0n) is 12.4. The van der Waals surface area contributed by atoms with Gasteiger partial charge < -0.3 is 10.1 Å². The molecule has 2 aromatic rings. The van der Waals surface area contributed by atoms with Crippen LogP contribution in [-0.4, -0.2) is 32.8 Å². The van der Waals surface area contributed by atoms with E-state index in [4.69, 9.17) is 4.74 Å². The summed E-state index contributed by atoms with van der Waals surface area (Å²) in [5, 5.41) is 13.8. The van der Waals surface area contributed by atoms with Crippen LogP contribution in [0.15, 0.2) is 29.5 Å². The number of tetrazole rings is 1. The van der Waals surface area contributed by atoms with Gasteiger partial charge in [-0.1, -0.05) is 11.2 Å². The fraction of sp³-hybridized carbons (Fsp3) is 0.286. The third kappa shape index (κ3) is 2.43. The highest BCUT2D eigenvalue weighted by Crippen LogP contribution is 2.37. The molecule has 1 aromatic carbocycles. The molecule has 9 heteroatoms. The molecule has 0 unspecified atom stereocenters. The van der Waals surface area contributed by atoms with Crippen LogP contribution in [0, 0.1) is 11.6 Å². The number of ether oxygens (including phenoxy) is 1. The van der Waals surface area contributed by atoms with Crippen molar-refractivity contribution in [2.75, 3.05) is 11.9 Å². The standard InChI is InChI=1S/C14H13F2N5O2/c1-3-23-13(22)10-7(2)17-14-18-19-20-21(14)12(10)11-8(15)5-4-6-9(11)16/h4-6,12H,3H2,1-2H3,(H,17,18,20)/t12-/m1/s1. The van der Waals surface area contributed by atoms with Crippen LogP contribution in [0.1, 0.15) is 25.5 Å². The Bertz CT molecular complexity index is 782. The smallest absolute Gasteiger partial charge is 0.338 e. The number of esters is 1. The molecule has 2 heterocycles. The zero-order chi connectivity index (χ0) is 16.6. The van der Waals surface area contributed by atoms with Crippen LogP contribution in [-0.2, 0) is 9.53 Å². The number of aromatic nitrogens is 4. The molecular weight excluding hydrogens is 308 g/mol. The molecule has 1 atom stereocenters. The lowest BCUT2D eigenvalue weighted by molar-refractivity contribution is -0.139. The Morgan fingerprint density at radius 2 is 2.09 bits per heavy atom. The minimum Gasteiger partial charge on any atom is -0.463 e. The number of carbonyl (C=O) groups excluding carboxylic acids is 1. The van der Waals surface area contributed by atoms with Crippen molar-refractivity contribution in [1.29, 1.82) is 0 Å². The summed E-state index contributed by atoms with van der Waals surface area (Å²) in [6.07, 6.45) is 0. The second kappa shape index (κ2) is 5.75. The molecule has 23 heavy (non-hydrogen) atoms. The Hall–Kier alpha value is -2.84. The fourth-order valence-electron chi connectivity index (χ4n) is 2.52. The first-order chi connectivity index (χ1) is 11.0. The van der Waals surface area contributed by atoms with Gasteiger partial charge in [0.2, 0.25) is 5.95 Å². The van der Waals surface area contributed by atoms with E-state index in [1.807, 2.05) is 0 Å². The number of allylic oxidation sites excluding steroid dienone is 1. The summed E-state index contributed by atoms with van der Waals surface area (Å²) < 4.78 is 34.7. The van der Waals surface area contributed by atoms with Gasteiger partial charge in [-0.05, 0) is 36.4 Å². The Balaban J connectivity index is 2.23. The first kappa shape index (κ1) is 15.1. The lowest BCUT2D eigenvalue weighted by Crippen LogP contribution is -2.31. The maximum absolute atomic E-state index is 14.3. The average Bonchev–Trinajstić information content (AvgIpc) is 2.94. The van der Waals surface area contributed by atoms with E-state index in [0.717, 1.165) is 16.8 Å². The summed E-state index contributed by atoms with van der Waals surface area (Å²) in [7, 11) is 0. The van der Waals surface area contributed by atoms with Gasteiger partial charge in [-0.15, -0.1) is 0 Å². The van der Waals surface area contributed by atoms with Crippen molar-refractivity contribution in [2.45, 2.75) is 19.9 Å². The van der Waals surface area contributed by atoms with Crippen molar-refractivity contribution < 1.29 is 18.3 Å². The third-order valence-electron chi connectivity index (χ3n) is 3.48. The highest BCUT2D eigenvalue weighted by Gasteiger charge is 2.37. The summed E-state index contributed by atoms with van der Waals surface area (Å²) >= 11 is 0. The Labute approximate surface area is 129 Å². The number of hydrogen-bond donors (Lipinski definition) is 1. The van der Waals surface area contributed by atoms with Crippen molar-refractivity contribution in [3.8, 4) is 0 Å².